The molecule has 0 rings (SSSR count). The second-order valence-electron chi connectivity index (χ2n) is 7.13. The Morgan fingerprint density at radius 2 is 1.17 bits per heavy atom. The summed E-state index contributed by atoms with van der Waals surface area (Å²) in [6, 6.07) is 0. The van der Waals surface area contributed by atoms with Crippen molar-refractivity contribution in [2.75, 3.05) is 13.2 Å². The number of hydrogen-bond donors (Lipinski definition) is 2. The first-order chi connectivity index (χ1) is 13.3. The molecule has 0 spiro atoms. The zero-order valence-corrected chi connectivity index (χ0v) is 19.0. The van der Waals surface area contributed by atoms with E-state index in [1.165, 1.54) is 6.42 Å². The van der Waals surface area contributed by atoms with Gasteiger partial charge in [0.15, 0.2) is 5.25 Å². The second kappa shape index (κ2) is 22.0. The number of unbranched alkanes of at least 4 members (excludes halogenated alkanes) is 10. The van der Waals surface area contributed by atoms with Crippen LogP contribution in [0.15, 0.2) is 0 Å². The molecule has 8 nitrogen and oxygen atoms in total. The van der Waals surface area contributed by atoms with Gasteiger partial charge in [0.2, 0.25) is 0 Å². The van der Waals surface area contributed by atoms with Crippen molar-refractivity contribution in [3.63, 3.8) is 0 Å². The molecule has 10 heteroatoms. The first-order valence-corrected chi connectivity index (χ1v) is 12.1. The third-order valence-electron chi connectivity index (χ3n) is 4.48. The third-order valence-corrected chi connectivity index (χ3v) is 5.56. The van der Waals surface area contributed by atoms with Crippen LogP contribution in [0.5, 0.6) is 0 Å². The molecule has 0 saturated heterocycles. The van der Waals surface area contributed by atoms with E-state index < -0.39 is 33.7 Å². The van der Waals surface area contributed by atoms with Crippen molar-refractivity contribution >= 4 is 51.6 Å². The number of hydrogen-bond acceptors (Lipinski definition) is 7. The van der Waals surface area contributed by atoms with Gasteiger partial charge in [0.1, 0.15) is 0 Å². The summed E-state index contributed by atoms with van der Waals surface area (Å²) >= 11 is 0. The quantitative estimate of drug-likeness (QED) is 0.135. The monoisotopic (exact) mass is 463 g/mol. The molecule has 0 aromatic heterocycles. The van der Waals surface area contributed by atoms with Crippen molar-refractivity contribution in [2.24, 2.45) is 0 Å². The Kier molecular flexibility index (Phi) is 25.3. The molecule has 0 radical (unpaired) electrons. The Labute approximate surface area is 204 Å². The van der Waals surface area contributed by atoms with Gasteiger partial charge in [0.25, 0.3) is 10.1 Å². The van der Waals surface area contributed by atoms with Crippen LogP contribution in [0.1, 0.15) is 97.3 Å². The summed E-state index contributed by atoms with van der Waals surface area (Å²) in [5, 5.41) is -1.93. The fourth-order valence-electron chi connectivity index (χ4n) is 2.74. The third kappa shape index (κ3) is 19.8. The maximum absolute atomic E-state index is 12.0. The van der Waals surface area contributed by atoms with E-state index in [1.54, 1.807) is 0 Å². The maximum atomic E-state index is 12.0. The summed E-state index contributed by atoms with van der Waals surface area (Å²) in [4.78, 5) is 23.8. The van der Waals surface area contributed by atoms with E-state index in [0.717, 1.165) is 57.8 Å². The van der Waals surface area contributed by atoms with E-state index >= 15 is 0 Å². The van der Waals surface area contributed by atoms with E-state index in [2.05, 4.69) is 13.8 Å². The average Bonchev–Trinajstić information content (AvgIpc) is 2.63. The minimum absolute atomic E-state index is 0. The van der Waals surface area contributed by atoms with Gasteiger partial charge in [-0.3, -0.25) is 14.1 Å². The SMILES string of the molecule is CCCCCCCCOC(=O)CC(C(=O)OCCCCCCCC)S(=O)(=O)O.N.[NaH]. The van der Waals surface area contributed by atoms with Gasteiger partial charge in [-0.15, -0.1) is 0 Å². The molecule has 30 heavy (non-hydrogen) atoms. The molecule has 0 aromatic carbocycles. The number of esters is 2. The van der Waals surface area contributed by atoms with Gasteiger partial charge >= 0.3 is 41.5 Å². The number of carbonyl (C=O) groups is 2. The molecule has 176 valence electrons. The van der Waals surface area contributed by atoms with Crippen LogP contribution in [0.25, 0.3) is 0 Å². The van der Waals surface area contributed by atoms with Crippen molar-refractivity contribution in [2.45, 2.75) is 103 Å². The van der Waals surface area contributed by atoms with Crippen molar-refractivity contribution in [3.8, 4) is 0 Å². The molecule has 0 fully saturated rings. The molecular formula is C20H42NNaO7S. The van der Waals surface area contributed by atoms with Crippen molar-refractivity contribution in [1.82, 2.24) is 6.15 Å². The van der Waals surface area contributed by atoms with E-state index in [0.29, 0.717) is 12.8 Å². The summed E-state index contributed by atoms with van der Waals surface area (Å²) in [7, 11) is -4.73. The number of ether oxygens (including phenoxy) is 2. The Bertz CT molecular complexity index is 529. The summed E-state index contributed by atoms with van der Waals surface area (Å²) in [5.41, 5.74) is 0. The number of carbonyl (C=O) groups excluding carboxylic acids is 2. The summed E-state index contributed by atoms with van der Waals surface area (Å²) < 4.78 is 42.0. The molecule has 1 unspecified atom stereocenters. The average molecular weight is 464 g/mol. The summed E-state index contributed by atoms with van der Waals surface area (Å²) in [6.07, 6.45) is 11.3. The Morgan fingerprint density at radius 3 is 1.60 bits per heavy atom. The number of rotatable bonds is 18. The summed E-state index contributed by atoms with van der Waals surface area (Å²) in [6.45, 7) is 4.50. The molecule has 0 aliphatic rings. The Morgan fingerprint density at radius 1 is 0.767 bits per heavy atom. The van der Waals surface area contributed by atoms with Gasteiger partial charge < -0.3 is 15.6 Å². The van der Waals surface area contributed by atoms with E-state index in [4.69, 9.17) is 9.47 Å². The van der Waals surface area contributed by atoms with Gasteiger partial charge in [-0.1, -0.05) is 78.1 Å². The molecular weight excluding hydrogens is 421 g/mol. The molecule has 4 N–H and O–H groups in total. The van der Waals surface area contributed by atoms with Crippen LogP contribution >= 0.6 is 0 Å². The molecule has 0 aliphatic heterocycles. The predicted octanol–water partition coefficient (Wildman–Crippen LogP) is 3.95. The van der Waals surface area contributed by atoms with Gasteiger partial charge in [-0.05, 0) is 12.8 Å². The van der Waals surface area contributed by atoms with Crippen molar-refractivity contribution < 1.29 is 32.0 Å². The van der Waals surface area contributed by atoms with Gasteiger partial charge in [-0.25, -0.2) is 0 Å². The standard InChI is InChI=1S/C20H38O7S.H3N.Na.H/c1-3-5-7-9-11-13-15-26-19(21)17-18(28(23,24)25)20(22)27-16-14-12-10-8-6-4-2;;;/h18H,3-17H2,1-2H3,(H,23,24,25);1H3;;. The van der Waals surface area contributed by atoms with E-state index in [-0.39, 0.29) is 48.9 Å². The molecule has 0 heterocycles. The van der Waals surface area contributed by atoms with Crippen LogP contribution in [-0.2, 0) is 29.2 Å². The molecule has 0 saturated carbocycles. The fourth-order valence-corrected chi connectivity index (χ4v) is 3.39. The molecule has 1 atom stereocenters. The first-order valence-electron chi connectivity index (χ1n) is 10.6. The fraction of sp³-hybridized carbons (Fsp3) is 0.900. The molecule has 0 aliphatic carbocycles. The van der Waals surface area contributed by atoms with Crippen LogP contribution < -0.4 is 6.15 Å². The minimum atomic E-state index is -4.73. The van der Waals surface area contributed by atoms with Crippen molar-refractivity contribution in [3.05, 3.63) is 0 Å². The van der Waals surface area contributed by atoms with Crippen molar-refractivity contribution in [1.29, 1.82) is 0 Å². The topological polar surface area (TPSA) is 142 Å². The van der Waals surface area contributed by atoms with Crippen LogP contribution in [0, 0.1) is 0 Å². The second-order valence-corrected chi connectivity index (χ2v) is 8.73. The zero-order valence-electron chi connectivity index (χ0n) is 18.2. The van der Waals surface area contributed by atoms with Crippen LogP contribution in [-0.4, -0.2) is 72.9 Å². The van der Waals surface area contributed by atoms with Gasteiger partial charge in [0.05, 0.1) is 19.6 Å². The Hall–Kier alpha value is -0.190. The normalized spacial score (nSPS) is 11.7. The molecule has 0 aromatic rings. The van der Waals surface area contributed by atoms with Gasteiger partial charge in [0, 0.05) is 0 Å². The van der Waals surface area contributed by atoms with Crippen LogP contribution in [0.4, 0.5) is 0 Å². The molecule has 0 amide bonds. The summed E-state index contributed by atoms with van der Waals surface area (Å²) in [5.74, 6) is -1.93. The van der Waals surface area contributed by atoms with Gasteiger partial charge in [-0.2, -0.15) is 8.42 Å². The van der Waals surface area contributed by atoms with E-state index in [1.807, 2.05) is 0 Å². The molecule has 0 bridgehead atoms. The predicted molar refractivity (Wildman–Crippen MR) is 121 cm³/mol. The van der Waals surface area contributed by atoms with E-state index in [9.17, 15) is 22.6 Å². The Balaban J connectivity index is -0.00000364. The van der Waals surface area contributed by atoms with Crippen LogP contribution in [0.2, 0.25) is 0 Å². The van der Waals surface area contributed by atoms with Crippen LogP contribution in [0.3, 0.4) is 0 Å². The first kappa shape index (κ1) is 34.4. The zero-order chi connectivity index (χ0) is 21.3.